The summed E-state index contributed by atoms with van der Waals surface area (Å²) < 4.78 is 2.09. The summed E-state index contributed by atoms with van der Waals surface area (Å²) in [6, 6.07) is 24.9. The van der Waals surface area contributed by atoms with E-state index in [2.05, 4.69) is 64.2 Å². The molecule has 0 amide bonds. The molecule has 0 bridgehead atoms. The van der Waals surface area contributed by atoms with Gasteiger partial charge >= 0.3 is 0 Å². The molecule has 1 radical (unpaired) electrons. The predicted molar refractivity (Wildman–Crippen MR) is 127 cm³/mol. The number of benzene rings is 2. The molecule has 0 fully saturated rings. The van der Waals surface area contributed by atoms with Gasteiger partial charge in [-0.15, -0.1) is 0 Å². The van der Waals surface area contributed by atoms with Gasteiger partial charge in [0.1, 0.15) is 0 Å². The van der Waals surface area contributed by atoms with E-state index in [0.717, 1.165) is 11.1 Å². The molecule has 5 rings (SSSR count). The Hall–Kier alpha value is -3.13. The third-order valence-corrected chi connectivity index (χ3v) is 4.28. The number of hydrogen-bond donors (Lipinski definition) is 0. The Kier molecular flexibility index (Phi) is 8.91. The summed E-state index contributed by atoms with van der Waals surface area (Å²) in [6.07, 6.45) is 8.20. The first kappa shape index (κ1) is 22.2. The Morgan fingerprint density at radius 1 is 0.655 bits per heavy atom. The first-order chi connectivity index (χ1) is 14.3. The van der Waals surface area contributed by atoms with E-state index in [0.29, 0.717) is 0 Å². The normalized spacial score (nSPS) is 11.3. The summed E-state index contributed by atoms with van der Waals surface area (Å²) >= 11 is 0. The highest BCUT2D eigenvalue weighted by molar-refractivity contribution is 5.81. The molecule has 149 valence electrons. The molecule has 1 aliphatic carbocycles. The van der Waals surface area contributed by atoms with Gasteiger partial charge < -0.3 is 4.57 Å². The molecule has 0 unspecified atom stereocenters. The summed E-state index contributed by atoms with van der Waals surface area (Å²) in [5, 5.41) is 0. The number of rotatable bonds is 2. The fourth-order valence-corrected chi connectivity index (χ4v) is 2.79. The van der Waals surface area contributed by atoms with Gasteiger partial charge in [-0.2, -0.15) is 0 Å². The van der Waals surface area contributed by atoms with Crippen LogP contribution >= 0.6 is 0 Å². The molecule has 0 spiro atoms. The Balaban J connectivity index is 0.000000196. The molecule has 0 saturated heterocycles. The average molecular weight is 384 g/mol. The van der Waals surface area contributed by atoms with E-state index in [9.17, 15) is 0 Å². The molecule has 2 heterocycles. The third-order valence-electron chi connectivity index (χ3n) is 4.28. The van der Waals surface area contributed by atoms with Crippen LogP contribution in [0.3, 0.4) is 0 Å². The topological polar surface area (TPSA) is 17.8 Å². The monoisotopic (exact) mass is 383 g/mol. The molecule has 4 aromatic rings. The molecule has 29 heavy (non-hydrogen) atoms. The van der Waals surface area contributed by atoms with Gasteiger partial charge in [-0.25, -0.2) is 0 Å². The second kappa shape index (κ2) is 11.7. The minimum Gasteiger partial charge on any atom is -0.349 e. The van der Waals surface area contributed by atoms with Crippen LogP contribution in [0.5, 0.6) is 0 Å². The summed E-state index contributed by atoms with van der Waals surface area (Å²) in [5.41, 5.74) is 5.91. The van der Waals surface area contributed by atoms with Crippen LogP contribution < -0.4 is 0 Å². The minimum atomic E-state index is 1.04. The van der Waals surface area contributed by atoms with Crippen molar-refractivity contribution in [1.29, 1.82) is 0 Å². The van der Waals surface area contributed by atoms with Crippen molar-refractivity contribution in [2.45, 2.75) is 27.7 Å². The van der Waals surface area contributed by atoms with Crippen LogP contribution in [-0.4, -0.2) is 9.55 Å². The maximum Gasteiger partial charge on any atom is 0.0881 e. The van der Waals surface area contributed by atoms with Gasteiger partial charge in [0.15, 0.2) is 0 Å². The summed E-state index contributed by atoms with van der Waals surface area (Å²) in [5.74, 6) is 1.37. The van der Waals surface area contributed by atoms with Crippen molar-refractivity contribution in [1.82, 2.24) is 9.55 Å². The molecule has 0 saturated carbocycles. The summed E-state index contributed by atoms with van der Waals surface area (Å²) in [7, 11) is 2.04. The van der Waals surface area contributed by atoms with Gasteiger partial charge in [0.25, 0.3) is 0 Å². The van der Waals surface area contributed by atoms with Crippen LogP contribution in [0.15, 0.2) is 97.3 Å². The second-order valence-electron chi connectivity index (χ2n) is 6.08. The molecule has 2 nitrogen and oxygen atoms in total. The maximum absolute atomic E-state index is 4.46. The van der Waals surface area contributed by atoms with Gasteiger partial charge in [0.2, 0.25) is 0 Å². The largest absolute Gasteiger partial charge is 0.349 e. The van der Waals surface area contributed by atoms with E-state index in [-0.39, 0.29) is 0 Å². The zero-order chi connectivity index (χ0) is 21.1. The Morgan fingerprint density at radius 2 is 1.21 bits per heavy atom. The molecule has 2 heteroatoms. The lowest BCUT2D eigenvalue weighted by atomic mass is 10.1. The number of hydrogen-bond acceptors (Lipinski definition) is 1. The van der Waals surface area contributed by atoms with Crippen LogP contribution in [0, 0.1) is 5.92 Å². The van der Waals surface area contributed by atoms with E-state index >= 15 is 0 Å². The maximum atomic E-state index is 4.46. The van der Waals surface area contributed by atoms with E-state index < -0.39 is 0 Å². The van der Waals surface area contributed by atoms with Gasteiger partial charge in [-0.3, -0.25) is 4.98 Å². The van der Waals surface area contributed by atoms with Crippen LogP contribution in [0.1, 0.15) is 33.3 Å². The second-order valence-corrected chi connectivity index (χ2v) is 6.08. The zero-order valence-electron chi connectivity index (χ0n) is 18.1. The lowest BCUT2D eigenvalue weighted by Gasteiger charge is -2.02. The average Bonchev–Trinajstić information content (AvgIpc) is 3.61. The lowest BCUT2D eigenvalue weighted by molar-refractivity contribution is 0.968. The highest BCUT2D eigenvalue weighted by Gasteiger charge is 2.12. The number of fused-ring (bicyclic) bond motifs is 1. The van der Waals surface area contributed by atoms with E-state index in [1.165, 1.54) is 22.6 Å². The molecule has 0 N–H and O–H groups in total. The minimum absolute atomic E-state index is 1.04. The number of aromatic nitrogens is 2. The smallest absolute Gasteiger partial charge is 0.0881 e. The Labute approximate surface area is 175 Å². The van der Waals surface area contributed by atoms with Crippen molar-refractivity contribution < 1.29 is 0 Å². The highest BCUT2D eigenvalue weighted by Crippen LogP contribution is 2.27. The SMILES string of the molecule is C1=C[C]1c1ccccc1.CC.CC.Cn1ccc2ncc(-c3ccccc3)cc21. The summed E-state index contributed by atoms with van der Waals surface area (Å²) in [6.45, 7) is 8.00. The lowest BCUT2D eigenvalue weighted by Crippen LogP contribution is -1.86. The quantitative estimate of drug-likeness (QED) is 0.351. The van der Waals surface area contributed by atoms with Crippen LogP contribution in [0.2, 0.25) is 0 Å². The van der Waals surface area contributed by atoms with Crippen molar-refractivity contribution in [3.63, 3.8) is 0 Å². The molecule has 0 aliphatic heterocycles. The predicted octanol–water partition coefficient (Wildman–Crippen LogP) is 7.47. The van der Waals surface area contributed by atoms with Crippen LogP contribution in [0.4, 0.5) is 0 Å². The number of allylic oxidation sites excluding steroid dienone is 2. The molecule has 1 aliphatic rings. The highest BCUT2D eigenvalue weighted by atomic mass is 14.9. The van der Waals surface area contributed by atoms with Crippen molar-refractivity contribution in [2.24, 2.45) is 7.05 Å². The molecule has 2 aromatic carbocycles. The third kappa shape index (κ3) is 6.18. The summed E-state index contributed by atoms with van der Waals surface area (Å²) in [4.78, 5) is 4.46. The van der Waals surface area contributed by atoms with Gasteiger partial charge in [-0.05, 0) is 23.3 Å². The van der Waals surface area contributed by atoms with Crippen molar-refractivity contribution in [3.05, 3.63) is 109 Å². The van der Waals surface area contributed by atoms with E-state index in [1.807, 2.05) is 77.5 Å². The molecular formula is C27H31N2. The molecule has 0 atom stereocenters. The number of nitrogens with zero attached hydrogens (tertiary/aromatic N) is 2. The first-order valence-corrected chi connectivity index (χ1v) is 10.4. The first-order valence-electron chi connectivity index (χ1n) is 10.4. The standard InChI is InChI=1S/C14H12N2.C9H7.2C2H6/c1-16-8-7-13-14(16)9-12(10-15-13)11-5-3-2-4-6-11;1-2-4-8(5-3-1)9-6-7-9;2*1-2/h2-10H,1H3;1-7H;2*1-2H3. The van der Waals surface area contributed by atoms with Crippen LogP contribution in [-0.2, 0) is 7.05 Å². The van der Waals surface area contributed by atoms with Crippen molar-refractivity contribution >= 4 is 11.0 Å². The van der Waals surface area contributed by atoms with Gasteiger partial charge in [0.05, 0.1) is 11.0 Å². The van der Waals surface area contributed by atoms with Crippen molar-refractivity contribution in [2.75, 3.05) is 0 Å². The zero-order valence-corrected chi connectivity index (χ0v) is 18.1. The van der Waals surface area contributed by atoms with E-state index in [4.69, 9.17) is 0 Å². The fourth-order valence-electron chi connectivity index (χ4n) is 2.79. The Morgan fingerprint density at radius 3 is 1.76 bits per heavy atom. The fraction of sp³-hybridized carbons (Fsp3) is 0.185. The van der Waals surface area contributed by atoms with Gasteiger partial charge in [0, 0.05) is 30.9 Å². The molecular weight excluding hydrogens is 352 g/mol. The number of aryl methyl sites for hydroxylation is 1. The Bertz CT molecular complexity index is 993. The number of pyridine rings is 1. The van der Waals surface area contributed by atoms with Crippen molar-refractivity contribution in [3.8, 4) is 11.1 Å². The van der Waals surface area contributed by atoms with Gasteiger partial charge in [-0.1, -0.05) is 101 Å². The van der Waals surface area contributed by atoms with Crippen LogP contribution in [0.25, 0.3) is 22.2 Å². The van der Waals surface area contributed by atoms with E-state index in [1.54, 1.807) is 0 Å². The molecule has 2 aromatic heterocycles.